The first kappa shape index (κ1) is 29.4. The zero-order valence-electron chi connectivity index (χ0n) is 22.7. The van der Waals surface area contributed by atoms with E-state index in [1.54, 1.807) is 17.9 Å². The Labute approximate surface area is 216 Å². The number of sulfonamides is 1. The molecule has 1 N–H and O–H groups in total. The maximum absolute atomic E-state index is 13.4. The molecule has 0 bridgehead atoms. The maximum atomic E-state index is 13.4. The molecule has 0 aromatic heterocycles. The Balaban J connectivity index is 2.18. The van der Waals surface area contributed by atoms with Gasteiger partial charge in [-0.2, -0.15) is 0 Å². The molecule has 2 aromatic rings. The average molecular weight is 516 g/mol. The van der Waals surface area contributed by atoms with E-state index < -0.39 is 16.1 Å². The Morgan fingerprint density at radius 3 is 2.25 bits per heavy atom. The molecule has 0 heterocycles. The number of aryl methyl sites for hydroxylation is 3. The molecule has 2 amide bonds. The van der Waals surface area contributed by atoms with Crippen molar-refractivity contribution in [1.29, 1.82) is 0 Å². The number of anilines is 1. The van der Waals surface area contributed by atoms with Gasteiger partial charge in [-0.1, -0.05) is 49.7 Å². The molecule has 2 rings (SSSR count). The van der Waals surface area contributed by atoms with Crippen molar-refractivity contribution in [2.75, 3.05) is 23.7 Å². The third-order valence-corrected chi connectivity index (χ3v) is 7.41. The van der Waals surface area contributed by atoms with Crippen molar-refractivity contribution in [3.8, 4) is 0 Å². The Morgan fingerprint density at radius 1 is 0.972 bits per heavy atom. The van der Waals surface area contributed by atoms with Gasteiger partial charge in [0.05, 0.1) is 11.9 Å². The average Bonchev–Trinajstić information content (AvgIpc) is 2.79. The number of amides is 2. The summed E-state index contributed by atoms with van der Waals surface area (Å²) in [4.78, 5) is 27.8. The molecule has 2 aromatic carbocycles. The second-order valence-electron chi connectivity index (χ2n) is 10.0. The second kappa shape index (κ2) is 12.9. The molecule has 0 saturated heterocycles. The minimum Gasteiger partial charge on any atom is -0.354 e. The molecule has 0 fully saturated rings. The summed E-state index contributed by atoms with van der Waals surface area (Å²) < 4.78 is 26.4. The number of hydrogen-bond acceptors (Lipinski definition) is 4. The van der Waals surface area contributed by atoms with Gasteiger partial charge in [-0.25, -0.2) is 8.42 Å². The van der Waals surface area contributed by atoms with Crippen LogP contribution in [-0.2, 0) is 26.2 Å². The molecule has 0 unspecified atom stereocenters. The lowest BCUT2D eigenvalue weighted by Gasteiger charge is -2.30. The predicted molar refractivity (Wildman–Crippen MR) is 146 cm³/mol. The monoisotopic (exact) mass is 515 g/mol. The molecule has 198 valence electrons. The van der Waals surface area contributed by atoms with Crippen LogP contribution < -0.4 is 9.62 Å². The maximum Gasteiger partial charge on any atom is 0.242 e. The highest BCUT2D eigenvalue weighted by Gasteiger charge is 2.26. The second-order valence-corrected chi connectivity index (χ2v) is 11.9. The lowest BCUT2D eigenvalue weighted by molar-refractivity contribution is -0.140. The minimum atomic E-state index is -3.52. The first-order chi connectivity index (χ1) is 16.8. The summed E-state index contributed by atoms with van der Waals surface area (Å²) in [7, 11) is -3.52. The fourth-order valence-electron chi connectivity index (χ4n) is 3.93. The Hall–Kier alpha value is -2.87. The van der Waals surface area contributed by atoms with Gasteiger partial charge in [-0.05, 0) is 68.9 Å². The lowest BCUT2D eigenvalue weighted by atomic mass is 10.1. The van der Waals surface area contributed by atoms with E-state index in [-0.39, 0.29) is 24.8 Å². The van der Waals surface area contributed by atoms with Crippen molar-refractivity contribution in [3.63, 3.8) is 0 Å². The van der Waals surface area contributed by atoms with Gasteiger partial charge < -0.3 is 10.2 Å². The molecule has 8 heteroatoms. The van der Waals surface area contributed by atoms with Crippen molar-refractivity contribution in [2.45, 2.75) is 67.0 Å². The van der Waals surface area contributed by atoms with E-state index >= 15 is 0 Å². The first-order valence-electron chi connectivity index (χ1n) is 12.5. The third-order valence-electron chi connectivity index (χ3n) is 6.22. The number of carbonyl (C=O) groups is 2. The zero-order valence-corrected chi connectivity index (χ0v) is 23.5. The lowest BCUT2D eigenvalue weighted by Crippen LogP contribution is -2.48. The summed E-state index contributed by atoms with van der Waals surface area (Å²) in [5.41, 5.74) is 4.70. The van der Waals surface area contributed by atoms with Crippen LogP contribution in [0.2, 0.25) is 0 Å². The van der Waals surface area contributed by atoms with E-state index in [2.05, 4.69) is 5.32 Å². The van der Waals surface area contributed by atoms with Crippen LogP contribution in [0.4, 0.5) is 5.69 Å². The van der Waals surface area contributed by atoms with E-state index in [9.17, 15) is 18.0 Å². The van der Waals surface area contributed by atoms with Crippen molar-refractivity contribution >= 4 is 27.5 Å². The van der Waals surface area contributed by atoms with Crippen LogP contribution in [0.15, 0.2) is 42.5 Å². The molecule has 0 aliphatic rings. The molecular weight excluding hydrogens is 474 g/mol. The summed E-state index contributed by atoms with van der Waals surface area (Å²) >= 11 is 0. The molecule has 0 spiro atoms. The predicted octanol–water partition coefficient (Wildman–Crippen LogP) is 4.35. The molecule has 0 radical (unpaired) electrons. The van der Waals surface area contributed by atoms with Crippen LogP contribution in [0.5, 0.6) is 0 Å². The third kappa shape index (κ3) is 8.66. The van der Waals surface area contributed by atoms with Crippen LogP contribution in [-0.4, -0.2) is 50.5 Å². The summed E-state index contributed by atoms with van der Waals surface area (Å²) in [6.07, 6.45) is 1.64. The van der Waals surface area contributed by atoms with Gasteiger partial charge in [0.1, 0.15) is 6.04 Å². The Bertz CT molecular complexity index is 1160. The quantitative estimate of drug-likeness (QED) is 0.455. The SMILES string of the molecule is Cc1cccc(CN(C(=O)CCCN(c2ccc(C)c(C)c2)S(C)(=O)=O)[C@H](C)C(=O)NCC(C)C)c1. The van der Waals surface area contributed by atoms with E-state index in [1.165, 1.54) is 10.6 Å². The number of rotatable bonds is 12. The normalized spacial score (nSPS) is 12.3. The molecule has 7 nitrogen and oxygen atoms in total. The van der Waals surface area contributed by atoms with Crippen LogP contribution >= 0.6 is 0 Å². The van der Waals surface area contributed by atoms with Gasteiger partial charge in [-0.15, -0.1) is 0 Å². The van der Waals surface area contributed by atoms with E-state index in [0.29, 0.717) is 31.1 Å². The van der Waals surface area contributed by atoms with Crippen molar-refractivity contribution in [3.05, 3.63) is 64.7 Å². The van der Waals surface area contributed by atoms with Crippen LogP contribution in [0.1, 0.15) is 55.9 Å². The highest BCUT2D eigenvalue weighted by Crippen LogP contribution is 2.22. The van der Waals surface area contributed by atoms with Gasteiger partial charge in [0, 0.05) is 26.1 Å². The number of nitrogens with one attached hydrogen (secondary N) is 1. The van der Waals surface area contributed by atoms with E-state index in [1.807, 2.05) is 71.0 Å². The Morgan fingerprint density at radius 2 is 1.67 bits per heavy atom. The van der Waals surface area contributed by atoms with Crippen molar-refractivity contribution < 1.29 is 18.0 Å². The Kier molecular flexibility index (Phi) is 10.5. The molecule has 0 aliphatic heterocycles. The molecule has 36 heavy (non-hydrogen) atoms. The first-order valence-corrected chi connectivity index (χ1v) is 14.3. The largest absolute Gasteiger partial charge is 0.354 e. The standard InChI is InChI=1S/C28H41N3O4S/c1-20(2)18-29-28(33)24(6)30(19-25-11-8-10-21(3)16-25)27(32)12-9-15-31(36(7,34)35)26-14-13-22(4)23(5)17-26/h8,10-11,13-14,16-17,20,24H,9,12,15,18-19H2,1-7H3,(H,29,33)/t24-/m1/s1. The fourth-order valence-corrected chi connectivity index (χ4v) is 4.88. The number of benzene rings is 2. The van der Waals surface area contributed by atoms with Gasteiger partial charge in [-0.3, -0.25) is 13.9 Å². The van der Waals surface area contributed by atoms with E-state index in [0.717, 1.165) is 22.3 Å². The highest BCUT2D eigenvalue weighted by molar-refractivity contribution is 7.92. The van der Waals surface area contributed by atoms with Crippen LogP contribution in [0.3, 0.4) is 0 Å². The summed E-state index contributed by atoms with van der Waals surface area (Å²) in [6, 6.07) is 12.8. The number of hydrogen-bond donors (Lipinski definition) is 1. The fraction of sp³-hybridized carbons (Fsp3) is 0.500. The van der Waals surface area contributed by atoms with Crippen LogP contribution in [0.25, 0.3) is 0 Å². The van der Waals surface area contributed by atoms with Gasteiger partial charge >= 0.3 is 0 Å². The summed E-state index contributed by atoms with van der Waals surface area (Å²) in [5, 5.41) is 2.92. The van der Waals surface area contributed by atoms with Gasteiger partial charge in [0.15, 0.2) is 0 Å². The van der Waals surface area contributed by atoms with E-state index in [4.69, 9.17) is 0 Å². The number of carbonyl (C=O) groups excluding carboxylic acids is 2. The summed E-state index contributed by atoms with van der Waals surface area (Å²) in [5.74, 6) is -0.0794. The topological polar surface area (TPSA) is 86.8 Å². The molecular formula is C28H41N3O4S. The zero-order chi connectivity index (χ0) is 27.0. The van der Waals surface area contributed by atoms with Gasteiger partial charge in [0.2, 0.25) is 21.8 Å². The smallest absolute Gasteiger partial charge is 0.242 e. The van der Waals surface area contributed by atoms with Crippen LogP contribution in [0, 0.1) is 26.7 Å². The number of nitrogens with zero attached hydrogens (tertiary/aromatic N) is 2. The minimum absolute atomic E-state index is 0.129. The molecule has 0 saturated carbocycles. The highest BCUT2D eigenvalue weighted by atomic mass is 32.2. The molecule has 1 atom stereocenters. The summed E-state index contributed by atoms with van der Waals surface area (Å²) in [6.45, 7) is 12.7. The van der Waals surface area contributed by atoms with Gasteiger partial charge in [0.25, 0.3) is 0 Å². The van der Waals surface area contributed by atoms with Crippen molar-refractivity contribution in [2.24, 2.45) is 5.92 Å². The molecule has 0 aliphatic carbocycles. The van der Waals surface area contributed by atoms with Crippen molar-refractivity contribution in [1.82, 2.24) is 10.2 Å².